The summed E-state index contributed by atoms with van der Waals surface area (Å²) in [5.74, 6) is 0.944. The Bertz CT molecular complexity index is 3480. The Hall–Kier alpha value is -7.29. The van der Waals surface area contributed by atoms with Gasteiger partial charge in [-0.05, 0) is 117 Å². The van der Waals surface area contributed by atoms with Gasteiger partial charge in [0.1, 0.15) is 5.82 Å². The molecule has 0 fully saturated rings. The number of benzene rings is 10. The van der Waals surface area contributed by atoms with E-state index in [1.54, 1.807) is 0 Å². The third-order valence-corrected chi connectivity index (χ3v) is 11.7. The van der Waals surface area contributed by atoms with Gasteiger partial charge < -0.3 is 0 Å². The number of hydrogen-bond donors (Lipinski definition) is 0. The lowest BCUT2D eigenvalue weighted by molar-refractivity contribution is 1.11. The molecule has 0 N–H and O–H groups in total. The van der Waals surface area contributed by atoms with Crippen LogP contribution in [0.1, 0.15) is 0 Å². The van der Waals surface area contributed by atoms with Crippen LogP contribution in [0.3, 0.4) is 0 Å². The SMILES string of the molecule is c1ccc(-n2c(-c3c4ccccc4c(-c4ccc5c(c4)c4ccccc4c4cccc6ccc7cccc5c7c64)c4ccccc34)nc3ccccc32)cc1. The number of fused-ring (bicyclic) bond motifs is 8. The van der Waals surface area contributed by atoms with Crippen LogP contribution in [0.25, 0.3) is 115 Å². The average Bonchev–Trinajstić information content (AvgIpc) is 3.64. The molecule has 0 amide bonds. The minimum absolute atomic E-state index is 0.944. The summed E-state index contributed by atoms with van der Waals surface area (Å²) in [6, 6.07) is 71.1. The highest BCUT2D eigenvalue weighted by atomic mass is 15.1. The molecule has 0 saturated carbocycles. The van der Waals surface area contributed by atoms with E-state index in [9.17, 15) is 0 Å². The maximum absolute atomic E-state index is 5.38. The standard InChI is InChI=1S/C53H32N2/c1-2-16-36(17-3-1)55-48-27-11-10-26-47(48)54-53(55)52-44-22-8-6-20-42(44)49(43-21-7-9-23-45(43)52)35-30-31-39-41-25-13-15-34-29-28-33-14-12-24-40(50(33)51(34)41)37-18-4-5-19-38(37)46(39)32-35/h1-32H. The van der Waals surface area contributed by atoms with Crippen LogP contribution >= 0.6 is 0 Å². The fraction of sp³-hybridized carbons (Fsp3) is 0. The molecular formula is C53H32N2. The van der Waals surface area contributed by atoms with Crippen LogP contribution in [-0.2, 0) is 0 Å². The van der Waals surface area contributed by atoms with Crippen molar-refractivity contribution in [3.63, 3.8) is 0 Å². The molecule has 0 bridgehead atoms. The molecule has 1 aromatic heterocycles. The first-order valence-corrected chi connectivity index (χ1v) is 19.0. The Balaban J connectivity index is 1.23. The first-order chi connectivity index (χ1) is 27.3. The van der Waals surface area contributed by atoms with E-state index in [4.69, 9.17) is 4.98 Å². The maximum atomic E-state index is 5.38. The first-order valence-electron chi connectivity index (χ1n) is 19.0. The van der Waals surface area contributed by atoms with E-state index in [1.807, 2.05) is 0 Å². The number of hydrogen-bond acceptors (Lipinski definition) is 1. The van der Waals surface area contributed by atoms with Crippen LogP contribution in [-0.4, -0.2) is 9.55 Å². The predicted octanol–water partition coefficient (Wildman–Crippen LogP) is 14.4. The average molecular weight is 697 g/mol. The van der Waals surface area contributed by atoms with E-state index in [1.165, 1.54) is 86.5 Å². The lowest BCUT2D eigenvalue weighted by Gasteiger charge is -2.19. The fourth-order valence-electron chi connectivity index (χ4n) is 9.43. The van der Waals surface area contributed by atoms with Crippen LogP contribution in [0.4, 0.5) is 0 Å². The maximum Gasteiger partial charge on any atom is 0.146 e. The monoisotopic (exact) mass is 696 g/mol. The van der Waals surface area contributed by atoms with E-state index >= 15 is 0 Å². The normalized spacial score (nSPS) is 12.0. The van der Waals surface area contributed by atoms with Crippen LogP contribution in [0.15, 0.2) is 194 Å². The predicted molar refractivity (Wildman–Crippen MR) is 234 cm³/mol. The Labute approximate surface area is 317 Å². The van der Waals surface area contributed by atoms with Crippen LogP contribution in [0.2, 0.25) is 0 Å². The molecular weight excluding hydrogens is 665 g/mol. The van der Waals surface area contributed by atoms with E-state index in [0.29, 0.717) is 0 Å². The lowest BCUT2D eigenvalue weighted by Crippen LogP contribution is -1.99. The number of imidazole rings is 1. The highest BCUT2D eigenvalue weighted by Gasteiger charge is 2.22. The van der Waals surface area contributed by atoms with Gasteiger partial charge in [0.15, 0.2) is 0 Å². The van der Waals surface area contributed by atoms with Gasteiger partial charge in [0.2, 0.25) is 0 Å². The minimum atomic E-state index is 0.944. The lowest BCUT2D eigenvalue weighted by atomic mass is 9.86. The van der Waals surface area contributed by atoms with E-state index in [-0.39, 0.29) is 0 Å². The molecule has 11 aromatic carbocycles. The molecule has 0 aliphatic rings. The van der Waals surface area contributed by atoms with Gasteiger partial charge in [-0.15, -0.1) is 0 Å². The molecule has 254 valence electrons. The van der Waals surface area contributed by atoms with Crippen molar-refractivity contribution in [2.45, 2.75) is 0 Å². The molecule has 0 atom stereocenters. The Morgan fingerprint density at radius 3 is 1.45 bits per heavy atom. The molecule has 0 aliphatic carbocycles. The third-order valence-electron chi connectivity index (χ3n) is 11.7. The van der Waals surface area contributed by atoms with Crippen molar-refractivity contribution in [2.75, 3.05) is 0 Å². The number of nitrogens with zero attached hydrogens (tertiary/aromatic N) is 2. The zero-order chi connectivity index (χ0) is 36.0. The molecule has 2 heteroatoms. The molecule has 12 aromatic rings. The summed E-state index contributed by atoms with van der Waals surface area (Å²) in [6.45, 7) is 0. The minimum Gasteiger partial charge on any atom is -0.292 e. The molecule has 0 radical (unpaired) electrons. The smallest absolute Gasteiger partial charge is 0.146 e. The van der Waals surface area contributed by atoms with Crippen LogP contribution in [0.5, 0.6) is 0 Å². The molecule has 0 aliphatic heterocycles. The summed E-state index contributed by atoms with van der Waals surface area (Å²) in [5, 5.41) is 17.5. The zero-order valence-corrected chi connectivity index (χ0v) is 29.9. The quantitative estimate of drug-likeness (QED) is 0.133. The number of rotatable bonds is 3. The van der Waals surface area contributed by atoms with Crippen molar-refractivity contribution in [1.82, 2.24) is 9.55 Å². The van der Waals surface area contributed by atoms with Gasteiger partial charge in [-0.3, -0.25) is 4.57 Å². The van der Waals surface area contributed by atoms with Crippen LogP contribution in [0, 0.1) is 0 Å². The molecule has 12 rings (SSSR count). The van der Waals surface area contributed by atoms with Gasteiger partial charge in [-0.1, -0.05) is 164 Å². The fourth-order valence-corrected chi connectivity index (χ4v) is 9.43. The third kappa shape index (κ3) is 4.34. The number of aromatic nitrogens is 2. The molecule has 0 saturated heterocycles. The van der Waals surface area contributed by atoms with Gasteiger partial charge in [0.25, 0.3) is 0 Å². The van der Waals surface area contributed by atoms with Gasteiger partial charge in [0, 0.05) is 11.3 Å². The second-order valence-electron chi connectivity index (χ2n) is 14.6. The summed E-state index contributed by atoms with van der Waals surface area (Å²) in [5.41, 5.74) is 6.74. The molecule has 55 heavy (non-hydrogen) atoms. The second-order valence-corrected chi connectivity index (χ2v) is 14.6. The van der Waals surface area contributed by atoms with Gasteiger partial charge >= 0.3 is 0 Å². The highest BCUT2D eigenvalue weighted by Crippen LogP contribution is 2.46. The van der Waals surface area contributed by atoms with Crippen LogP contribution < -0.4 is 0 Å². The van der Waals surface area contributed by atoms with Gasteiger partial charge in [-0.2, -0.15) is 0 Å². The summed E-state index contributed by atoms with van der Waals surface area (Å²) in [4.78, 5) is 5.38. The van der Waals surface area contributed by atoms with Crippen molar-refractivity contribution in [1.29, 1.82) is 0 Å². The van der Waals surface area contributed by atoms with Crippen molar-refractivity contribution in [3.8, 4) is 28.2 Å². The van der Waals surface area contributed by atoms with E-state index in [2.05, 4.69) is 199 Å². The summed E-state index contributed by atoms with van der Waals surface area (Å²) in [7, 11) is 0. The van der Waals surface area contributed by atoms with Crippen molar-refractivity contribution in [2.24, 2.45) is 0 Å². The topological polar surface area (TPSA) is 17.8 Å². The van der Waals surface area contributed by atoms with Gasteiger partial charge in [-0.25, -0.2) is 4.98 Å². The largest absolute Gasteiger partial charge is 0.292 e. The summed E-state index contributed by atoms with van der Waals surface area (Å²) < 4.78 is 2.32. The second kappa shape index (κ2) is 11.6. The Morgan fingerprint density at radius 2 is 0.818 bits per heavy atom. The Kier molecular flexibility index (Phi) is 6.37. The van der Waals surface area contributed by atoms with Gasteiger partial charge in [0.05, 0.1) is 11.0 Å². The molecule has 0 spiro atoms. The first kappa shape index (κ1) is 30.2. The molecule has 0 unspecified atom stereocenters. The summed E-state index contributed by atoms with van der Waals surface area (Å²) in [6.07, 6.45) is 0. The van der Waals surface area contributed by atoms with Crippen molar-refractivity contribution < 1.29 is 0 Å². The summed E-state index contributed by atoms with van der Waals surface area (Å²) >= 11 is 0. The molecule has 2 nitrogen and oxygen atoms in total. The molecule has 1 heterocycles. The van der Waals surface area contributed by atoms with Crippen molar-refractivity contribution in [3.05, 3.63) is 194 Å². The Morgan fingerprint density at radius 1 is 0.327 bits per heavy atom. The number of para-hydroxylation sites is 3. The zero-order valence-electron chi connectivity index (χ0n) is 29.9. The van der Waals surface area contributed by atoms with E-state index in [0.717, 1.165) is 28.1 Å². The highest BCUT2D eigenvalue weighted by molar-refractivity contribution is 6.33. The van der Waals surface area contributed by atoms with Crippen molar-refractivity contribution >= 4 is 86.4 Å². The van der Waals surface area contributed by atoms with E-state index < -0.39 is 0 Å².